The molecule has 0 aliphatic rings. The number of anilines is 1. The summed E-state index contributed by atoms with van der Waals surface area (Å²) < 4.78 is 34.1. The van der Waals surface area contributed by atoms with Gasteiger partial charge in [-0.15, -0.1) is 15.3 Å². The van der Waals surface area contributed by atoms with Crippen molar-refractivity contribution in [2.45, 2.75) is 18.2 Å². The zero-order valence-electron chi connectivity index (χ0n) is 16.1. The fourth-order valence-corrected chi connectivity index (χ4v) is 3.63. The molecule has 2 aromatic heterocycles. The Balaban J connectivity index is 1.59. The third kappa shape index (κ3) is 5.70. The second kappa shape index (κ2) is 9.74. The van der Waals surface area contributed by atoms with Gasteiger partial charge in [0.05, 0.1) is 24.7 Å². The quantitative estimate of drug-likeness (QED) is 0.379. The fraction of sp³-hybridized carbons (Fsp3) is 0.389. The van der Waals surface area contributed by atoms with Gasteiger partial charge < -0.3 is 15.2 Å². The molecule has 0 spiro atoms. The number of aryl methyl sites for hydroxylation is 1. The minimum absolute atomic E-state index is 0.0120. The van der Waals surface area contributed by atoms with Gasteiger partial charge in [-0.1, -0.05) is 17.7 Å². The molecule has 0 aliphatic carbocycles. The first kappa shape index (κ1) is 21.1. The van der Waals surface area contributed by atoms with Crippen molar-refractivity contribution in [3.05, 3.63) is 47.8 Å². The van der Waals surface area contributed by atoms with Crippen LogP contribution in [0, 0.1) is 6.92 Å². The van der Waals surface area contributed by atoms with Crippen LogP contribution < -0.4 is 10.0 Å². The highest BCUT2D eigenvalue weighted by Crippen LogP contribution is 2.11. The molecular weight excluding hydrogens is 396 g/mol. The van der Waals surface area contributed by atoms with E-state index in [0.717, 1.165) is 5.56 Å². The van der Waals surface area contributed by atoms with Crippen LogP contribution in [0.3, 0.4) is 0 Å². The van der Waals surface area contributed by atoms with Gasteiger partial charge in [-0.25, -0.2) is 13.1 Å². The predicted molar refractivity (Wildman–Crippen MR) is 107 cm³/mol. The van der Waals surface area contributed by atoms with E-state index >= 15 is 0 Å². The SMILES string of the molecule is Cc1ccc(S(=O)(=O)NCCc2nnc3ccc(NCCOCCO)nn23)cc1. The summed E-state index contributed by atoms with van der Waals surface area (Å²) in [5.41, 5.74) is 1.57. The van der Waals surface area contributed by atoms with Crippen LogP contribution in [0.5, 0.6) is 0 Å². The molecule has 0 unspecified atom stereocenters. The molecule has 0 fully saturated rings. The Morgan fingerprint density at radius 2 is 1.86 bits per heavy atom. The van der Waals surface area contributed by atoms with Crippen LogP contribution in [-0.2, 0) is 21.2 Å². The number of fused-ring (bicyclic) bond motifs is 1. The number of nitrogens with one attached hydrogen (secondary N) is 2. The van der Waals surface area contributed by atoms with Gasteiger partial charge in [-0.3, -0.25) is 0 Å². The normalized spacial score (nSPS) is 11.8. The van der Waals surface area contributed by atoms with E-state index in [2.05, 4.69) is 25.3 Å². The monoisotopic (exact) mass is 420 g/mol. The zero-order chi connectivity index (χ0) is 20.7. The van der Waals surface area contributed by atoms with Gasteiger partial charge in [0.15, 0.2) is 11.5 Å². The smallest absolute Gasteiger partial charge is 0.240 e. The molecular formula is C18H24N6O4S. The van der Waals surface area contributed by atoms with Gasteiger partial charge in [0.2, 0.25) is 10.0 Å². The molecule has 1 aromatic carbocycles. The first-order chi connectivity index (χ1) is 14.0. The molecule has 0 radical (unpaired) electrons. The fourth-order valence-electron chi connectivity index (χ4n) is 2.60. The minimum atomic E-state index is -3.58. The molecule has 0 amide bonds. The Morgan fingerprint density at radius 1 is 1.07 bits per heavy atom. The van der Waals surface area contributed by atoms with Crippen LogP contribution in [0.2, 0.25) is 0 Å². The Bertz CT molecular complexity index is 1040. The van der Waals surface area contributed by atoms with Gasteiger partial charge in [0, 0.05) is 19.5 Å². The van der Waals surface area contributed by atoms with E-state index in [1.54, 1.807) is 40.9 Å². The Labute approximate surface area is 169 Å². The minimum Gasteiger partial charge on any atom is -0.394 e. The Kier molecular flexibility index (Phi) is 7.09. The molecule has 0 saturated heterocycles. The molecule has 156 valence electrons. The van der Waals surface area contributed by atoms with Crippen molar-refractivity contribution < 1.29 is 18.3 Å². The summed E-state index contributed by atoms with van der Waals surface area (Å²) in [6, 6.07) is 10.2. The summed E-state index contributed by atoms with van der Waals surface area (Å²) in [6.45, 7) is 3.33. The highest BCUT2D eigenvalue weighted by Gasteiger charge is 2.14. The number of aliphatic hydroxyl groups excluding tert-OH is 1. The number of benzene rings is 1. The molecule has 0 saturated carbocycles. The largest absolute Gasteiger partial charge is 0.394 e. The molecule has 0 bridgehead atoms. The van der Waals surface area contributed by atoms with Crippen molar-refractivity contribution in [2.24, 2.45) is 0 Å². The molecule has 2 heterocycles. The van der Waals surface area contributed by atoms with Crippen molar-refractivity contribution in [1.29, 1.82) is 0 Å². The van der Waals surface area contributed by atoms with Crippen molar-refractivity contribution >= 4 is 21.5 Å². The van der Waals surface area contributed by atoms with E-state index < -0.39 is 10.0 Å². The lowest BCUT2D eigenvalue weighted by molar-refractivity contribution is 0.0992. The average molecular weight is 420 g/mol. The second-order valence-corrected chi connectivity index (χ2v) is 8.10. The standard InChI is InChI=1S/C18H24N6O4S/c1-14-2-4-15(5-3-14)29(26,27)20-9-8-18-22-21-17-7-6-16(23-24(17)18)19-10-12-28-13-11-25/h2-7,20,25H,8-13H2,1H3,(H,19,23). The topological polar surface area (TPSA) is 131 Å². The molecule has 10 nitrogen and oxygen atoms in total. The maximum atomic E-state index is 12.4. The lowest BCUT2D eigenvalue weighted by Gasteiger charge is -2.08. The van der Waals surface area contributed by atoms with Crippen LogP contribution in [-0.4, -0.2) is 66.2 Å². The average Bonchev–Trinajstić information content (AvgIpc) is 3.10. The maximum absolute atomic E-state index is 12.4. The van der Waals surface area contributed by atoms with Crippen molar-refractivity contribution in [2.75, 3.05) is 38.2 Å². The molecule has 11 heteroatoms. The van der Waals surface area contributed by atoms with Gasteiger partial charge in [0.1, 0.15) is 5.82 Å². The van der Waals surface area contributed by atoms with E-state index in [9.17, 15) is 8.42 Å². The Morgan fingerprint density at radius 3 is 2.62 bits per heavy atom. The zero-order valence-corrected chi connectivity index (χ0v) is 16.9. The van der Waals surface area contributed by atoms with E-state index in [1.165, 1.54) is 0 Å². The number of rotatable bonds is 11. The second-order valence-electron chi connectivity index (χ2n) is 6.33. The number of sulfonamides is 1. The number of aliphatic hydroxyl groups is 1. The van der Waals surface area contributed by atoms with Crippen molar-refractivity contribution in [3.63, 3.8) is 0 Å². The summed E-state index contributed by atoms with van der Waals surface area (Å²) in [4.78, 5) is 0.224. The number of ether oxygens (including phenoxy) is 1. The van der Waals surface area contributed by atoms with Crippen LogP contribution in [0.25, 0.3) is 5.65 Å². The van der Waals surface area contributed by atoms with Crippen LogP contribution in [0.15, 0.2) is 41.3 Å². The van der Waals surface area contributed by atoms with E-state index in [1.807, 2.05) is 6.92 Å². The third-order valence-electron chi connectivity index (χ3n) is 4.09. The lowest BCUT2D eigenvalue weighted by Crippen LogP contribution is -2.26. The van der Waals surface area contributed by atoms with Gasteiger partial charge in [0.25, 0.3) is 0 Å². The van der Waals surface area contributed by atoms with E-state index in [-0.39, 0.29) is 18.0 Å². The molecule has 3 N–H and O–H groups in total. The summed E-state index contributed by atoms with van der Waals surface area (Å²) in [6.07, 6.45) is 0.336. The number of nitrogens with zero attached hydrogens (tertiary/aromatic N) is 4. The highest BCUT2D eigenvalue weighted by molar-refractivity contribution is 7.89. The van der Waals surface area contributed by atoms with Crippen molar-refractivity contribution in [3.8, 4) is 0 Å². The molecule has 29 heavy (non-hydrogen) atoms. The molecule has 3 rings (SSSR count). The molecule has 0 atom stereocenters. The van der Waals surface area contributed by atoms with Crippen molar-refractivity contribution in [1.82, 2.24) is 24.5 Å². The van der Waals surface area contributed by atoms with Crippen LogP contribution >= 0.6 is 0 Å². The van der Waals surface area contributed by atoms with Gasteiger partial charge >= 0.3 is 0 Å². The molecule has 0 aliphatic heterocycles. The summed E-state index contributed by atoms with van der Waals surface area (Å²) in [7, 11) is -3.58. The molecule has 3 aromatic rings. The number of hydrogen-bond acceptors (Lipinski definition) is 8. The van der Waals surface area contributed by atoms with Crippen LogP contribution in [0.1, 0.15) is 11.4 Å². The predicted octanol–water partition coefficient (Wildman–Crippen LogP) is 0.375. The van der Waals surface area contributed by atoms with E-state index in [4.69, 9.17) is 9.84 Å². The number of hydrogen-bond donors (Lipinski definition) is 3. The third-order valence-corrected chi connectivity index (χ3v) is 5.56. The van der Waals surface area contributed by atoms with Gasteiger partial charge in [-0.2, -0.15) is 4.52 Å². The summed E-state index contributed by atoms with van der Waals surface area (Å²) in [5.74, 6) is 1.16. The Hall–Kier alpha value is -2.60. The first-order valence-corrected chi connectivity index (χ1v) is 10.7. The van der Waals surface area contributed by atoms with E-state index in [0.29, 0.717) is 43.5 Å². The van der Waals surface area contributed by atoms with Crippen LogP contribution in [0.4, 0.5) is 5.82 Å². The maximum Gasteiger partial charge on any atom is 0.240 e. The van der Waals surface area contributed by atoms with Gasteiger partial charge in [-0.05, 0) is 31.2 Å². The lowest BCUT2D eigenvalue weighted by atomic mass is 10.2. The first-order valence-electron chi connectivity index (χ1n) is 9.20. The highest BCUT2D eigenvalue weighted by atomic mass is 32.2. The summed E-state index contributed by atoms with van der Waals surface area (Å²) in [5, 5.41) is 24.4. The number of aromatic nitrogens is 4. The summed E-state index contributed by atoms with van der Waals surface area (Å²) >= 11 is 0.